The number of aliphatic carboxylic acids is 1. The molecule has 0 saturated carbocycles. The normalized spacial score (nSPS) is 17.1. The Morgan fingerprint density at radius 3 is 2.86 bits per heavy atom. The average Bonchev–Trinajstić information content (AvgIpc) is 2.46. The molecular formula is C16H14N2O3. The van der Waals surface area contributed by atoms with Crippen molar-refractivity contribution in [2.24, 2.45) is 5.73 Å². The largest absolute Gasteiger partial charge is 0.478 e. The van der Waals surface area contributed by atoms with Crippen molar-refractivity contribution in [3.63, 3.8) is 0 Å². The molecule has 0 saturated heterocycles. The fourth-order valence-electron chi connectivity index (χ4n) is 2.56. The lowest BCUT2D eigenvalue weighted by Crippen LogP contribution is -2.26. The Bertz CT molecular complexity index is 738. The molecule has 2 heterocycles. The van der Waals surface area contributed by atoms with Gasteiger partial charge >= 0.3 is 5.97 Å². The molecule has 21 heavy (non-hydrogen) atoms. The molecule has 1 aromatic carbocycles. The number of nitrogens with two attached hydrogens (primary N) is 1. The number of hydrogen-bond acceptors (Lipinski definition) is 4. The van der Waals surface area contributed by atoms with Gasteiger partial charge in [0, 0.05) is 18.0 Å². The molecule has 1 atom stereocenters. The molecule has 1 aliphatic heterocycles. The Balaban J connectivity index is 2.24. The zero-order valence-corrected chi connectivity index (χ0v) is 11.4. The molecular weight excluding hydrogens is 268 g/mol. The second-order valence-corrected chi connectivity index (χ2v) is 4.95. The lowest BCUT2D eigenvalue weighted by Gasteiger charge is -2.27. The molecule has 0 bridgehead atoms. The number of hydrogen-bond donors (Lipinski definition) is 2. The van der Waals surface area contributed by atoms with E-state index >= 15 is 0 Å². The number of pyridine rings is 1. The predicted molar refractivity (Wildman–Crippen MR) is 76.7 cm³/mol. The van der Waals surface area contributed by atoms with Crippen LogP contribution in [0.4, 0.5) is 0 Å². The predicted octanol–water partition coefficient (Wildman–Crippen LogP) is 2.17. The Hall–Kier alpha value is -2.82. The first kappa shape index (κ1) is 13.2. The number of carboxylic acids is 1. The van der Waals surface area contributed by atoms with Crippen molar-refractivity contribution in [3.8, 4) is 5.75 Å². The summed E-state index contributed by atoms with van der Waals surface area (Å²) in [5.41, 5.74) is 8.44. The summed E-state index contributed by atoms with van der Waals surface area (Å²) < 4.78 is 5.49. The zero-order valence-electron chi connectivity index (χ0n) is 11.4. The van der Waals surface area contributed by atoms with E-state index in [0.29, 0.717) is 5.75 Å². The van der Waals surface area contributed by atoms with Crippen LogP contribution >= 0.6 is 0 Å². The molecule has 0 fully saturated rings. The van der Waals surface area contributed by atoms with Gasteiger partial charge in [0.25, 0.3) is 0 Å². The van der Waals surface area contributed by atoms with Crippen LogP contribution < -0.4 is 10.5 Å². The van der Waals surface area contributed by atoms with Crippen molar-refractivity contribution in [1.82, 2.24) is 4.98 Å². The molecule has 106 valence electrons. The number of carbonyl (C=O) groups is 1. The summed E-state index contributed by atoms with van der Waals surface area (Å²) in [6.45, 7) is 1.94. The van der Waals surface area contributed by atoms with Crippen LogP contribution in [-0.2, 0) is 4.79 Å². The van der Waals surface area contributed by atoms with Crippen molar-refractivity contribution in [2.75, 3.05) is 0 Å². The van der Waals surface area contributed by atoms with Crippen molar-refractivity contribution < 1.29 is 14.6 Å². The highest BCUT2D eigenvalue weighted by molar-refractivity contribution is 5.91. The smallest absolute Gasteiger partial charge is 0.337 e. The molecule has 0 aliphatic carbocycles. The van der Waals surface area contributed by atoms with Gasteiger partial charge in [-0.15, -0.1) is 0 Å². The maximum Gasteiger partial charge on any atom is 0.337 e. The maximum absolute atomic E-state index is 11.6. The second kappa shape index (κ2) is 4.94. The first-order valence-electron chi connectivity index (χ1n) is 6.49. The number of carboxylic acid groups (broad SMARTS) is 1. The van der Waals surface area contributed by atoms with Crippen LogP contribution in [-0.4, -0.2) is 16.1 Å². The summed E-state index contributed by atoms with van der Waals surface area (Å²) in [6.07, 6.45) is 3.29. The first-order chi connectivity index (χ1) is 10.1. The molecule has 5 heteroatoms. The molecule has 5 nitrogen and oxygen atoms in total. The summed E-state index contributed by atoms with van der Waals surface area (Å²) in [4.78, 5) is 15.7. The molecule has 0 radical (unpaired) electrons. The van der Waals surface area contributed by atoms with Gasteiger partial charge in [0.15, 0.2) is 0 Å². The Kier molecular flexibility index (Phi) is 3.10. The lowest BCUT2D eigenvalue weighted by atomic mass is 9.83. The van der Waals surface area contributed by atoms with Crippen LogP contribution in [0.3, 0.4) is 0 Å². The first-order valence-corrected chi connectivity index (χ1v) is 6.49. The van der Waals surface area contributed by atoms with Crippen molar-refractivity contribution in [1.29, 1.82) is 0 Å². The molecule has 0 amide bonds. The Morgan fingerprint density at radius 2 is 2.19 bits per heavy atom. The molecule has 3 rings (SSSR count). The van der Waals surface area contributed by atoms with Gasteiger partial charge in [-0.1, -0.05) is 18.2 Å². The van der Waals surface area contributed by atoms with Crippen LogP contribution in [0.2, 0.25) is 0 Å². The van der Waals surface area contributed by atoms with Crippen LogP contribution in [0.25, 0.3) is 0 Å². The number of nitrogens with zero attached hydrogens (tertiary/aromatic N) is 1. The van der Waals surface area contributed by atoms with E-state index in [0.717, 1.165) is 16.7 Å². The Labute approximate surface area is 121 Å². The Morgan fingerprint density at radius 1 is 1.38 bits per heavy atom. The van der Waals surface area contributed by atoms with E-state index in [1.807, 2.05) is 31.2 Å². The van der Waals surface area contributed by atoms with Crippen LogP contribution in [0, 0.1) is 6.92 Å². The van der Waals surface area contributed by atoms with Crippen molar-refractivity contribution in [3.05, 3.63) is 70.9 Å². The van der Waals surface area contributed by atoms with Gasteiger partial charge in [-0.25, -0.2) is 4.79 Å². The van der Waals surface area contributed by atoms with E-state index in [9.17, 15) is 9.90 Å². The number of rotatable bonds is 2. The lowest BCUT2D eigenvalue weighted by molar-refractivity contribution is -0.133. The van der Waals surface area contributed by atoms with E-state index in [-0.39, 0.29) is 11.5 Å². The molecule has 1 aromatic heterocycles. The van der Waals surface area contributed by atoms with Gasteiger partial charge in [-0.3, -0.25) is 4.98 Å². The molecule has 1 unspecified atom stereocenters. The van der Waals surface area contributed by atoms with Gasteiger partial charge in [0.1, 0.15) is 11.3 Å². The third-order valence-corrected chi connectivity index (χ3v) is 3.50. The van der Waals surface area contributed by atoms with E-state index < -0.39 is 11.9 Å². The number of benzene rings is 1. The third kappa shape index (κ3) is 2.23. The van der Waals surface area contributed by atoms with Gasteiger partial charge in [0.05, 0.1) is 5.92 Å². The minimum Gasteiger partial charge on any atom is -0.478 e. The highest BCUT2D eigenvalue weighted by Gasteiger charge is 2.34. The third-order valence-electron chi connectivity index (χ3n) is 3.50. The zero-order chi connectivity index (χ0) is 15.0. The summed E-state index contributed by atoms with van der Waals surface area (Å²) in [6, 6.07) is 9.26. The summed E-state index contributed by atoms with van der Waals surface area (Å²) >= 11 is 0. The summed E-state index contributed by atoms with van der Waals surface area (Å²) in [7, 11) is 0. The highest BCUT2D eigenvalue weighted by Crippen LogP contribution is 2.42. The van der Waals surface area contributed by atoms with E-state index in [1.54, 1.807) is 18.5 Å². The number of aromatic nitrogens is 1. The summed E-state index contributed by atoms with van der Waals surface area (Å²) in [5.74, 6) is -1.06. The van der Waals surface area contributed by atoms with Crippen molar-refractivity contribution in [2.45, 2.75) is 12.8 Å². The second-order valence-electron chi connectivity index (χ2n) is 4.95. The monoisotopic (exact) mass is 282 g/mol. The fraction of sp³-hybridized carbons (Fsp3) is 0.125. The van der Waals surface area contributed by atoms with Crippen LogP contribution in [0.15, 0.2) is 54.2 Å². The van der Waals surface area contributed by atoms with Gasteiger partial charge in [-0.2, -0.15) is 0 Å². The maximum atomic E-state index is 11.6. The highest BCUT2D eigenvalue weighted by atomic mass is 16.5. The van der Waals surface area contributed by atoms with Gasteiger partial charge < -0.3 is 15.6 Å². The minimum absolute atomic E-state index is 0.0411. The minimum atomic E-state index is -1.09. The van der Waals surface area contributed by atoms with E-state index in [4.69, 9.17) is 10.5 Å². The van der Waals surface area contributed by atoms with Crippen molar-refractivity contribution >= 4 is 5.97 Å². The number of aryl methyl sites for hydroxylation is 1. The topological polar surface area (TPSA) is 85.4 Å². The molecule has 2 aromatic rings. The SMILES string of the molecule is Cc1ccc2c(c1)OC(N)=C(C(=O)O)C2c1cccnc1. The molecule has 3 N–H and O–H groups in total. The average molecular weight is 282 g/mol. The van der Waals surface area contributed by atoms with Gasteiger partial charge in [-0.05, 0) is 30.2 Å². The quantitative estimate of drug-likeness (QED) is 0.881. The molecule has 1 aliphatic rings. The summed E-state index contributed by atoms with van der Waals surface area (Å²) in [5, 5.41) is 9.48. The number of fused-ring (bicyclic) bond motifs is 1. The standard InChI is InChI=1S/C16H14N2O3/c1-9-4-5-11-12(7-9)21-15(17)14(16(19)20)13(11)10-3-2-6-18-8-10/h2-8,13H,17H2,1H3,(H,19,20). The van der Waals surface area contributed by atoms with Gasteiger partial charge in [0.2, 0.25) is 5.88 Å². The van der Waals surface area contributed by atoms with Crippen LogP contribution in [0.1, 0.15) is 22.6 Å². The van der Waals surface area contributed by atoms with E-state index in [1.165, 1.54) is 0 Å². The van der Waals surface area contributed by atoms with Crippen LogP contribution in [0.5, 0.6) is 5.75 Å². The number of ether oxygens (including phenoxy) is 1. The van der Waals surface area contributed by atoms with E-state index in [2.05, 4.69) is 4.98 Å². The molecule has 0 spiro atoms. The fourth-order valence-corrected chi connectivity index (χ4v) is 2.56.